The van der Waals surface area contributed by atoms with Crippen molar-refractivity contribution in [3.8, 4) is 0 Å². The molecular formula is C14H19NO2S. The molecule has 1 heterocycles. The Bertz CT molecular complexity index is 450. The molecule has 1 unspecified atom stereocenters. The molecule has 1 aromatic heterocycles. The molecule has 98 valence electrons. The molecule has 0 bridgehead atoms. The zero-order chi connectivity index (χ0) is 13.0. The molecule has 1 aliphatic rings. The van der Waals surface area contributed by atoms with Crippen LogP contribution < -0.4 is 5.32 Å². The van der Waals surface area contributed by atoms with Crippen molar-refractivity contribution in [3.63, 3.8) is 0 Å². The maximum Gasteiger partial charge on any atom is 0.331 e. The highest BCUT2D eigenvalue weighted by Gasteiger charge is 2.20. The summed E-state index contributed by atoms with van der Waals surface area (Å²) in [5.74, 6) is -0.806. The summed E-state index contributed by atoms with van der Waals surface area (Å²) in [6.07, 6.45) is 5.92. The monoisotopic (exact) mass is 265 g/mol. The molecule has 1 aromatic rings. The maximum absolute atomic E-state index is 10.9. The van der Waals surface area contributed by atoms with Crippen molar-refractivity contribution in [3.05, 3.63) is 33.5 Å². The minimum atomic E-state index is -0.806. The summed E-state index contributed by atoms with van der Waals surface area (Å²) >= 11 is 1.83. The molecule has 2 N–H and O–H groups in total. The number of carboxylic acid groups (broad SMARTS) is 1. The van der Waals surface area contributed by atoms with Gasteiger partial charge in [0, 0.05) is 23.0 Å². The van der Waals surface area contributed by atoms with E-state index in [4.69, 9.17) is 5.11 Å². The van der Waals surface area contributed by atoms with Crippen LogP contribution in [-0.2, 0) is 11.2 Å². The molecule has 0 aromatic carbocycles. The minimum absolute atomic E-state index is 0.392. The molecule has 3 nitrogen and oxygen atoms in total. The van der Waals surface area contributed by atoms with Crippen LogP contribution in [0.25, 0.3) is 0 Å². The molecule has 0 saturated heterocycles. The molecule has 1 atom stereocenters. The highest BCUT2D eigenvalue weighted by atomic mass is 32.1. The number of carbonyl (C=O) groups is 1. The Hall–Kier alpha value is -1.13. The maximum atomic E-state index is 10.9. The first-order chi connectivity index (χ1) is 8.72. The third-order valence-corrected chi connectivity index (χ3v) is 4.42. The topological polar surface area (TPSA) is 49.3 Å². The number of nitrogens with one attached hydrogen (secondary N) is 1. The molecule has 18 heavy (non-hydrogen) atoms. The van der Waals surface area contributed by atoms with Crippen molar-refractivity contribution < 1.29 is 9.90 Å². The van der Waals surface area contributed by atoms with E-state index in [0.29, 0.717) is 24.6 Å². The Balaban J connectivity index is 1.94. The standard InChI is InChI=1S/C14H19NO2S/c1-2-10(14(16)17)6-8-15-12-4-3-5-13-11(12)7-9-18-13/h6-7,9,12,15H,2-5,8H2,1H3,(H,16,17)/b10-6-. The SMILES string of the molecule is CC/C(=C/CNC1CCCc2sccc21)C(=O)O. The molecule has 0 radical (unpaired) electrons. The van der Waals surface area contributed by atoms with Crippen LogP contribution in [0.3, 0.4) is 0 Å². The molecule has 0 fully saturated rings. The smallest absolute Gasteiger partial charge is 0.331 e. The number of aryl methyl sites for hydroxylation is 1. The minimum Gasteiger partial charge on any atom is -0.478 e. The van der Waals surface area contributed by atoms with Crippen LogP contribution in [0.2, 0.25) is 0 Å². The first-order valence-electron chi connectivity index (χ1n) is 6.44. The molecule has 1 aliphatic carbocycles. The number of rotatable bonds is 5. The van der Waals surface area contributed by atoms with Gasteiger partial charge < -0.3 is 10.4 Å². The van der Waals surface area contributed by atoms with Gasteiger partial charge in [0.2, 0.25) is 0 Å². The summed E-state index contributed by atoms with van der Waals surface area (Å²) < 4.78 is 0. The van der Waals surface area contributed by atoms with Gasteiger partial charge in [0.1, 0.15) is 0 Å². The molecule has 2 rings (SSSR count). The molecule has 0 amide bonds. The average Bonchev–Trinajstić information content (AvgIpc) is 2.83. The van der Waals surface area contributed by atoms with E-state index < -0.39 is 5.97 Å². The van der Waals surface area contributed by atoms with Crippen LogP contribution in [0.1, 0.15) is 42.7 Å². The number of hydrogen-bond donors (Lipinski definition) is 2. The number of carboxylic acids is 1. The highest BCUT2D eigenvalue weighted by Crippen LogP contribution is 2.33. The van der Waals surface area contributed by atoms with Gasteiger partial charge in [0.05, 0.1) is 0 Å². The van der Waals surface area contributed by atoms with Crippen LogP contribution in [0.4, 0.5) is 0 Å². The third-order valence-electron chi connectivity index (χ3n) is 3.42. The second-order valence-electron chi connectivity index (χ2n) is 4.54. The number of hydrogen-bond acceptors (Lipinski definition) is 3. The van der Waals surface area contributed by atoms with E-state index >= 15 is 0 Å². The summed E-state index contributed by atoms with van der Waals surface area (Å²) in [6, 6.07) is 2.58. The van der Waals surface area contributed by atoms with Gasteiger partial charge in [-0.05, 0) is 42.7 Å². The van der Waals surface area contributed by atoms with Gasteiger partial charge in [0.25, 0.3) is 0 Å². The molecule has 4 heteroatoms. The zero-order valence-corrected chi connectivity index (χ0v) is 11.4. The van der Waals surface area contributed by atoms with Gasteiger partial charge in [-0.25, -0.2) is 4.79 Å². The summed E-state index contributed by atoms with van der Waals surface area (Å²) in [7, 11) is 0. The van der Waals surface area contributed by atoms with Crippen molar-refractivity contribution in [2.75, 3.05) is 6.54 Å². The van der Waals surface area contributed by atoms with Gasteiger partial charge in [-0.15, -0.1) is 11.3 Å². The van der Waals surface area contributed by atoms with Crippen molar-refractivity contribution in [2.24, 2.45) is 0 Å². The lowest BCUT2D eigenvalue weighted by Gasteiger charge is -2.23. The normalized spacial score (nSPS) is 19.6. The number of fused-ring (bicyclic) bond motifs is 1. The zero-order valence-electron chi connectivity index (χ0n) is 10.6. The van der Waals surface area contributed by atoms with Crippen LogP contribution in [0.5, 0.6) is 0 Å². The lowest BCUT2D eigenvalue weighted by atomic mass is 9.94. The Morgan fingerprint density at radius 1 is 1.67 bits per heavy atom. The molecule has 0 spiro atoms. The Labute approximate surface area is 112 Å². The fourth-order valence-corrected chi connectivity index (χ4v) is 3.39. The van der Waals surface area contributed by atoms with Gasteiger partial charge in [0.15, 0.2) is 0 Å². The van der Waals surface area contributed by atoms with E-state index in [9.17, 15) is 4.79 Å². The predicted molar refractivity (Wildman–Crippen MR) is 74.0 cm³/mol. The van der Waals surface area contributed by atoms with Crippen LogP contribution >= 0.6 is 11.3 Å². The Kier molecular flexibility index (Phi) is 4.55. The summed E-state index contributed by atoms with van der Waals surface area (Å²) in [5, 5.41) is 14.5. The number of thiophene rings is 1. The van der Waals surface area contributed by atoms with Crippen molar-refractivity contribution in [1.29, 1.82) is 0 Å². The van der Waals surface area contributed by atoms with E-state index in [1.54, 1.807) is 6.08 Å². The van der Waals surface area contributed by atoms with E-state index in [0.717, 1.165) is 6.42 Å². The van der Waals surface area contributed by atoms with Crippen LogP contribution in [0, 0.1) is 0 Å². The molecule has 0 saturated carbocycles. The quantitative estimate of drug-likeness (QED) is 0.804. The predicted octanol–water partition coefficient (Wildman–Crippen LogP) is 3.14. The average molecular weight is 265 g/mol. The van der Waals surface area contributed by atoms with Gasteiger partial charge in [-0.3, -0.25) is 0 Å². The van der Waals surface area contributed by atoms with Crippen LogP contribution in [-0.4, -0.2) is 17.6 Å². The second-order valence-corrected chi connectivity index (χ2v) is 5.54. The lowest BCUT2D eigenvalue weighted by molar-refractivity contribution is -0.132. The van der Waals surface area contributed by atoms with E-state index in [-0.39, 0.29) is 0 Å². The third kappa shape index (κ3) is 3.00. The number of aliphatic carboxylic acids is 1. The van der Waals surface area contributed by atoms with Gasteiger partial charge in [-0.1, -0.05) is 13.0 Å². The highest BCUT2D eigenvalue weighted by molar-refractivity contribution is 7.10. The Morgan fingerprint density at radius 2 is 2.50 bits per heavy atom. The molecule has 0 aliphatic heterocycles. The van der Waals surface area contributed by atoms with Crippen molar-refractivity contribution >= 4 is 17.3 Å². The Morgan fingerprint density at radius 3 is 3.22 bits per heavy atom. The van der Waals surface area contributed by atoms with E-state index in [1.165, 1.54) is 23.3 Å². The molecular weight excluding hydrogens is 246 g/mol. The first kappa shape index (κ1) is 13.3. The summed E-state index contributed by atoms with van der Waals surface area (Å²) in [6.45, 7) is 2.51. The van der Waals surface area contributed by atoms with Crippen LogP contribution in [0.15, 0.2) is 23.1 Å². The second kappa shape index (κ2) is 6.16. The summed E-state index contributed by atoms with van der Waals surface area (Å²) in [4.78, 5) is 12.4. The van der Waals surface area contributed by atoms with Gasteiger partial charge >= 0.3 is 5.97 Å². The van der Waals surface area contributed by atoms with E-state index in [1.807, 2.05) is 18.3 Å². The lowest BCUT2D eigenvalue weighted by Crippen LogP contribution is -2.24. The fraction of sp³-hybridized carbons (Fsp3) is 0.500. The van der Waals surface area contributed by atoms with Crippen molar-refractivity contribution in [2.45, 2.75) is 38.6 Å². The van der Waals surface area contributed by atoms with Gasteiger partial charge in [-0.2, -0.15) is 0 Å². The van der Waals surface area contributed by atoms with Crippen molar-refractivity contribution in [1.82, 2.24) is 5.32 Å². The largest absolute Gasteiger partial charge is 0.478 e. The summed E-state index contributed by atoms with van der Waals surface area (Å²) in [5.41, 5.74) is 1.90. The van der Waals surface area contributed by atoms with E-state index in [2.05, 4.69) is 16.8 Å². The first-order valence-corrected chi connectivity index (χ1v) is 7.32. The fourth-order valence-electron chi connectivity index (χ4n) is 2.41.